The van der Waals surface area contributed by atoms with Gasteiger partial charge >= 0.3 is 11.9 Å². The molecule has 0 N–H and O–H groups in total. The van der Waals surface area contributed by atoms with Crippen LogP contribution >= 0.6 is 7.82 Å². The Hall–Kier alpha value is -2.99. The number of hydrogen-bond donors (Lipinski definition) is 0. The number of carbonyl (C=O) groups is 2. The van der Waals surface area contributed by atoms with Gasteiger partial charge in [-0.05, 0) is 60.1 Å². The minimum absolute atomic E-state index is 0.0405. The molecule has 3 rings (SSSR count). The lowest BCUT2D eigenvalue weighted by Crippen LogP contribution is -2.37. The largest absolute Gasteiger partial charge is 0.756 e. The lowest BCUT2D eigenvalue weighted by molar-refractivity contribution is -0.870. The third-order valence-electron chi connectivity index (χ3n) is 10.1. The Kier molecular flexibility index (Phi) is 22.7. The molecule has 0 aromatic heterocycles. The lowest BCUT2D eigenvalue weighted by atomic mass is 10.0. The average molecular weight is 796 g/mol. The molecule has 56 heavy (non-hydrogen) atoms. The van der Waals surface area contributed by atoms with Crippen LogP contribution in [0.4, 0.5) is 0 Å². The predicted octanol–water partition coefficient (Wildman–Crippen LogP) is 10.1. The normalized spacial score (nSPS) is 13.6. The molecule has 0 saturated carbocycles. The van der Waals surface area contributed by atoms with Gasteiger partial charge in [0.2, 0.25) is 0 Å². The first kappa shape index (κ1) is 47.4. The van der Waals surface area contributed by atoms with Crippen molar-refractivity contribution in [3.8, 4) is 23.0 Å². The van der Waals surface area contributed by atoms with E-state index < -0.39 is 32.5 Å². The number of quaternary nitrogens is 1. The Labute approximate surface area is 338 Å². The maximum absolute atomic E-state index is 12.7. The molecule has 1 unspecified atom stereocenters. The van der Waals surface area contributed by atoms with Crippen LogP contribution in [0.5, 0.6) is 0 Å². The highest BCUT2D eigenvalue weighted by Crippen LogP contribution is 2.38. The van der Waals surface area contributed by atoms with Gasteiger partial charge in [0.15, 0.2) is 6.10 Å². The van der Waals surface area contributed by atoms with Crippen molar-refractivity contribution >= 4 is 19.8 Å². The van der Waals surface area contributed by atoms with Crippen LogP contribution in [0.25, 0.3) is 11.1 Å². The van der Waals surface area contributed by atoms with Crippen LogP contribution in [0.15, 0.2) is 42.5 Å². The Morgan fingerprint density at radius 3 is 1.98 bits per heavy atom. The maximum atomic E-state index is 12.7. The summed E-state index contributed by atoms with van der Waals surface area (Å²) in [5, 5.41) is 0. The zero-order chi connectivity index (χ0) is 40.5. The summed E-state index contributed by atoms with van der Waals surface area (Å²) < 4.78 is 33.9. The molecule has 1 aliphatic rings. The molecule has 1 aliphatic carbocycles. The van der Waals surface area contributed by atoms with E-state index in [-0.39, 0.29) is 26.1 Å². The molecule has 0 aliphatic heterocycles. The number of fused-ring (bicyclic) bond motifs is 3. The van der Waals surface area contributed by atoms with Gasteiger partial charge < -0.3 is 27.9 Å². The first-order valence-electron chi connectivity index (χ1n) is 21.4. The van der Waals surface area contributed by atoms with Gasteiger partial charge in [-0.15, -0.1) is 0 Å². The zero-order valence-corrected chi connectivity index (χ0v) is 35.9. The van der Waals surface area contributed by atoms with E-state index in [0.717, 1.165) is 69.8 Å². The molecule has 2 aromatic carbocycles. The van der Waals surface area contributed by atoms with E-state index >= 15 is 0 Å². The molecule has 0 heterocycles. The molecule has 10 heteroatoms. The van der Waals surface area contributed by atoms with Crippen molar-refractivity contribution in [1.82, 2.24) is 0 Å². The summed E-state index contributed by atoms with van der Waals surface area (Å²) in [6.07, 6.45) is 19.9. The van der Waals surface area contributed by atoms with E-state index in [2.05, 4.69) is 61.2 Å². The number of esters is 2. The Balaban J connectivity index is 1.29. The minimum Gasteiger partial charge on any atom is -0.756 e. The summed E-state index contributed by atoms with van der Waals surface area (Å²) in [6, 6.07) is 15.1. The molecule has 0 bridgehead atoms. The number of benzene rings is 2. The summed E-state index contributed by atoms with van der Waals surface area (Å²) in [4.78, 5) is 37.6. The zero-order valence-electron chi connectivity index (χ0n) is 35.0. The van der Waals surface area contributed by atoms with E-state index in [0.29, 0.717) is 17.4 Å². The van der Waals surface area contributed by atoms with Gasteiger partial charge in [0.1, 0.15) is 19.8 Å². The highest BCUT2D eigenvalue weighted by atomic mass is 31.2. The van der Waals surface area contributed by atoms with Gasteiger partial charge in [-0.1, -0.05) is 139 Å². The highest BCUT2D eigenvalue weighted by Gasteiger charge is 2.22. The number of ether oxygens (including phenoxy) is 2. The quantitative estimate of drug-likeness (QED) is 0.0216. The molecule has 0 amide bonds. The van der Waals surface area contributed by atoms with Gasteiger partial charge in [-0.25, -0.2) is 0 Å². The molecular formula is C46H70NO8P. The van der Waals surface area contributed by atoms with E-state index in [4.69, 9.17) is 18.5 Å². The molecular weight excluding hydrogens is 725 g/mol. The standard InChI is InChI=1S/C46H70NO8P/c1-5-6-7-8-9-10-11-12-16-19-22-29-45(48)52-37-42(38-54-56(50,51)53-34-33-47(2,3)4)55-46(49)30-23-20-17-14-13-15-18-21-26-39-31-32-44-41(35-39)36-40-27-24-25-28-43(40)44/h24-25,27-28,31-32,35,42H,5-20,22-23,29-30,33-34,36-38H2,1-4H3/t42-/m1/s1. The van der Waals surface area contributed by atoms with E-state index in [1.807, 2.05) is 21.1 Å². The van der Waals surface area contributed by atoms with Gasteiger partial charge in [-0.2, -0.15) is 0 Å². The van der Waals surface area contributed by atoms with Gasteiger partial charge in [0.25, 0.3) is 7.82 Å². The summed E-state index contributed by atoms with van der Waals surface area (Å²) in [5.41, 5.74) is 6.46. The molecule has 0 radical (unpaired) electrons. The Bertz CT molecular complexity index is 1560. The van der Waals surface area contributed by atoms with E-state index in [1.54, 1.807) is 0 Å². The SMILES string of the molecule is CCCCCCCCCCCCCC(=O)OC[C@H](COP(=O)([O-])OCC[N+](C)(C)C)OC(=O)CCCCCCCCC#Cc1ccc2c(c1)Cc1ccccc1-2. The number of hydrogen-bond acceptors (Lipinski definition) is 8. The molecule has 9 nitrogen and oxygen atoms in total. The van der Waals surface area contributed by atoms with E-state index in [1.165, 1.54) is 73.6 Å². The van der Waals surface area contributed by atoms with Crippen LogP contribution in [0.1, 0.15) is 152 Å². The summed E-state index contributed by atoms with van der Waals surface area (Å²) in [5.74, 6) is 5.79. The average Bonchev–Trinajstić information content (AvgIpc) is 3.53. The Morgan fingerprint density at radius 2 is 1.32 bits per heavy atom. The molecule has 0 spiro atoms. The van der Waals surface area contributed by atoms with Crippen LogP contribution in [-0.4, -0.2) is 70.0 Å². The molecule has 2 atom stereocenters. The number of nitrogens with zero attached hydrogens (tertiary/aromatic N) is 1. The fourth-order valence-electron chi connectivity index (χ4n) is 6.77. The topological polar surface area (TPSA) is 111 Å². The van der Waals surface area contributed by atoms with Crippen molar-refractivity contribution in [3.05, 3.63) is 59.2 Å². The van der Waals surface area contributed by atoms with Crippen molar-refractivity contribution in [2.45, 2.75) is 148 Å². The number of carbonyl (C=O) groups excluding carboxylic acids is 2. The van der Waals surface area contributed by atoms with Crippen LogP contribution in [0.3, 0.4) is 0 Å². The summed E-state index contributed by atoms with van der Waals surface area (Å²) >= 11 is 0. The number of likely N-dealkylation sites (N-methyl/N-ethyl adjacent to an activating group) is 1. The number of unbranched alkanes of at least 4 members (excludes halogenated alkanes) is 16. The molecule has 2 aromatic rings. The number of phosphoric ester groups is 1. The number of rotatable bonds is 30. The first-order valence-corrected chi connectivity index (χ1v) is 22.9. The van der Waals surface area contributed by atoms with Crippen molar-refractivity contribution < 1.29 is 42.1 Å². The van der Waals surface area contributed by atoms with Crippen LogP contribution in [0.2, 0.25) is 0 Å². The Morgan fingerprint density at radius 1 is 0.732 bits per heavy atom. The fraction of sp³-hybridized carbons (Fsp3) is 0.652. The minimum atomic E-state index is -4.64. The fourth-order valence-corrected chi connectivity index (χ4v) is 7.50. The molecule has 312 valence electrons. The smallest absolute Gasteiger partial charge is 0.306 e. The van der Waals surface area contributed by atoms with Crippen LogP contribution in [-0.2, 0) is 39.1 Å². The van der Waals surface area contributed by atoms with Crippen molar-refractivity contribution in [1.29, 1.82) is 0 Å². The number of phosphoric acid groups is 1. The second kappa shape index (κ2) is 26.8. The van der Waals surface area contributed by atoms with Gasteiger partial charge in [-0.3, -0.25) is 14.2 Å². The van der Waals surface area contributed by atoms with Gasteiger partial charge in [0.05, 0.1) is 27.7 Å². The summed E-state index contributed by atoms with van der Waals surface area (Å²) in [7, 11) is 1.13. The third kappa shape index (κ3) is 21.0. The van der Waals surface area contributed by atoms with Gasteiger partial charge in [0, 0.05) is 24.8 Å². The van der Waals surface area contributed by atoms with Crippen molar-refractivity contribution in [2.24, 2.45) is 0 Å². The first-order chi connectivity index (χ1) is 27.0. The lowest BCUT2D eigenvalue weighted by Gasteiger charge is -2.28. The van der Waals surface area contributed by atoms with Crippen molar-refractivity contribution in [3.63, 3.8) is 0 Å². The predicted molar refractivity (Wildman–Crippen MR) is 223 cm³/mol. The second-order valence-electron chi connectivity index (χ2n) is 16.3. The second-order valence-corrected chi connectivity index (χ2v) is 17.7. The van der Waals surface area contributed by atoms with Crippen LogP contribution in [0, 0.1) is 11.8 Å². The molecule has 0 saturated heterocycles. The maximum Gasteiger partial charge on any atom is 0.306 e. The monoisotopic (exact) mass is 795 g/mol. The molecule has 0 fully saturated rings. The summed E-state index contributed by atoms with van der Waals surface area (Å²) in [6.45, 7) is 1.90. The van der Waals surface area contributed by atoms with Crippen molar-refractivity contribution in [2.75, 3.05) is 47.5 Å². The highest BCUT2D eigenvalue weighted by molar-refractivity contribution is 7.45. The van der Waals surface area contributed by atoms with E-state index in [9.17, 15) is 19.0 Å². The third-order valence-corrected chi connectivity index (χ3v) is 11.1. The van der Waals surface area contributed by atoms with Crippen LogP contribution < -0.4 is 4.89 Å².